The number of hydrogen-bond donors (Lipinski definition) is 1. The molecule has 3 heteroatoms. The number of aliphatic carboxylic acids is 1. The van der Waals surface area contributed by atoms with Crippen molar-refractivity contribution in [2.75, 3.05) is 13.1 Å². The zero-order valence-electron chi connectivity index (χ0n) is 13.3. The minimum absolute atomic E-state index is 0.0928. The molecular weight excluding hydrogens is 262 g/mol. The van der Waals surface area contributed by atoms with Gasteiger partial charge in [0.15, 0.2) is 0 Å². The third-order valence-corrected chi connectivity index (χ3v) is 7.40. The molecule has 1 saturated heterocycles. The van der Waals surface area contributed by atoms with Crippen LogP contribution in [0.5, 0.6) is 0 Å². The summed E-state index contributed by atoms with van der Waals surface area (Å²) in [6.07, 6.45) is 10.6. The van der Waals surface area contributed by atoms with Crippen molar-refractivity contribution < 1.29 is 9.90 Å². The van der Waals surface area contributed by atoms with E-state index in [0.29, 0.717) is 11.5 Å². The van der Waals surface area contributed by atoms with E-state index in [1.807, 2.05) is 0 Å². The van der Waals surface area contributed by atoms with E-state index in [4.69, 9.17) is 0 Å². The molecule has 4 bridgehead atoms. The van der Waals surface area contributed by atoms with E-state index in [0.717, 1.165) is 43.7 Å². The average molecular weight is 291 g/mol. The van der Waals surface area contributed by atoms with Gasteiger partial charge in [0.25, 0.3) is 0 Å². The topological polar surface area (TPSA) is 40.5 Å². The molecule has 5 aliphatic rings. The van der Waals surface area contributed by atoms with Crippen LogP contribution >= 0.6 is 0 Å². The molecule has 0 radical (unpaired) electrons. The third kappa shape index (κ3) is 2.32. The lowest BCUT2D eigenvalue weighted by molar-refractivity contribution is -0.144. The zero-order chi connectivity index (χ0) is 14.6. The van der Waals surface area contributed by atoms with Crippen LogP contribution in [0.15, 0.2) is 0 Å². The monoisotopic (exact) mass is 291 g/mol. The van der Waals surface area contributed by atoms with Gasteiger partial charge < -0.3 is 10.0 Å². The number of carbonyl (C=O) groups is 1. The van der Waals surface area contributed by atoms with Gasteiger partial charge in [-0.2, -0.15) is 0 Å². The molecule has 118 valence electrons. The standard InChI is InChI=1S/C18H29NO2/c1-12(19-4-2-16(3-5-19)17(20)21)18-9-13-6-14(10-18)8-15(7-13)11-18/h12-16H,2-11H2,1H3,(H,20,21). The number of hydrogen-bond acceptors (Lipinski definition) is 2. The number of likely N-dealkylation sites (tertiary alicyclic amines) is 1. The Balaban J connectivity index is 1.45. The van der Waals surface area contributed by atoms with Crippen molar-refractivity contribution in [2.24, 2.45) is 29.1 Å². The van der Waals surface area contributed by atoms with Crippen LogP contribution in [0.25, 0.3) is 0 Å². The highest BCUT2D eigenvalue weighted by Gasteiger charge is 2.54. The predicted molar refractivity (Wildman–Crippen MR) is 82.0 cm³/mol. The Kier molecular flexibility index (Phi) is 3.33. The SMILES string of the molecule is CC(N1CCC(C(=O)O)CC1)C12CC3CC(CC(C3)C1)C2. The Morgan fingerprint density at radius 1 is 1.05 bits per heavy atom. The van der Waals surface area contributed by atoms with Crippen molar-refractivity contribution >= 4 is 5.97 Å². The molecule has 21 heavy (non-hydrogen) atoms. The molecule has 0 spiro atoms. The van der Waals surface area contributed by atoms with E-state index >= 15 is 0 Å². The average Bonchev–Trinajstić information content (AvgIpc) is 2.45. The van der Waals surface area contributed by atoms with Crippen LogP contribution in [0.1, 0.15) is 58.3 Å². The number of nitrogens with zero attached hydrogens (tertiary/aromatic N) is 1. The summed E-state index contributed by atoms with van der Waals surface area (Å²) in [6.45, 7) is 4.45. The molecule has 1 unspecified atom stereocenters. The lowest BCUT2D eigenvalue weighted by Crippen LogP contribution is -2.57. The van der Waals surface area contributed by atoms with Gasteiger partial charge in [-0.1, -0.05) is 0 Å². The van der Waals surface area contributed by atoms with Crippen LogP contribution in [-0.2, 0) is 4.79 Å². The minimum Gasteiger partial charge on any atom is -0.481 e. The van der Waals surface area contributed by atoms with E-state index in [1.54, 1.807) is 0 Å². The van der Waals surface area contributed by atoms with Gasteiger partial charge in [-0.05, 0) is 94.5 Å². The molecule has 0 aromatic carbocycles. The lowest BCUT2D eigenvalue weighted by atomic mass is 9.47. The Morgan fingerprint density at radius 3 is 1.95 bits per heavy atom. The van der Waals surface area contributed by atoms with Gasteiger partial charge in [-0.25, -0.2) is 0 Å². The molecule has 1 aliphatic heterocycles. The highest BCUT2D eigenvalue weighted by Crippen LogP contribution is 2.62. The lowest BCUT2D eigenvalue weighted by Gasteiger charge is -2.61. The zero-order valence-corrected chi connectivity index (χ0v) is 13.3. The Bertz CT molecular complexity index is 390. The second-order valence-corrected chi connectivity index (χ2v) is 8.60. The van der Waals surface area contributed by atoms with E-state index in [2.05, 4.69) is 11.8 Å². The predicted octanol–water partition coefficient (Wildman–Crippen LogP) is 3.39. The quantitative estimate of drug-likeness (QED) is 0.866. The number of carboxylic acids is 1. The maximum atomic E-state index is 11.1. The maximum absolute atomic E-state index is 11.1. The molecule has 1 heterocycles. The molecule has 3 nitrogen and oxygen atoms in total. The van der Waals surface area contributed by atoms with Gasteiger partial charge >= 0.3 is 5.97 Å². The Hall–Kier alpha value is -0.570. The molecule has 0 aromatic heterocycles. The van der Waals surface area contributed by atoms with E-state index < -0.39 is 5.97 Å². The first kappa shape index (κ1) is 14.0. The first-order valence-corrected chi connectivity index (χ1v) is 9.02. The van der Waals surface area contributed by atoms with Gasteiger partial charge in [-0.3, -0.25) is 4.79 Å². The molecule has 0 aromatic rings. The number of carboxylic acid groups (broad SMARTS) is 1. The number of rotatable bonds is 3. The fourth-order valence-corrected chi connectivity index (χ4v) is 6.61. The van der Waals surface area contributed by atoms with Crippen LogP contribution in [-0.4, -0.2) is 35.1 Å². The van der Waals surface area contributed by atoms with Crippen LogP contribution in [0, 0.1) is 29.1 Å². The highest BCUT2D eigenvalue weighted by molar-refractivity contribution is 5.70. The fraction of sp³-hybridized carbons (Fsp3) is 0.944. The second kappa shape index (κ2) is 4.97. The largest absolute Gasteiger partial charge is 0.481 e. The summed E-state index contributed by atoms with van der Waals surface area (Å²) in [7, 11) is 0. The van der Waals surface area contributed by atoms with Crippen molar-refractivity contribution in [3.05, 3.63) is 0 Å². The smallest absolute Gasteiger partial charge is 0.306 e. The molecule has 1 atom stereocenters. The van der Waals surface area contributed by atoms with Crippen molar-refractivity contribution in [2.45, 2.75) is 64.3 Å². The van der Waals surface area contributed by atoms with E-state index in [1.165, 1.54) is 38.5 Å². The maximum Gasteiger partial charge on any atom is 0.306 e. The van der Waals surface area contributed by atoms with Crippen molar-refractivity contribution in [1.82, 2.24) is 4.90 Å². The Labute approximate surface area is 128 Å². The van der Waals surface area contributed by atoms with E-state index in [9.17, 15) is 9.90 Å². The summed E-state index contributed by atoms with van der Waals surface area (Å²) < 4.78 is 0. The van der Waals surface area contributed by atoms with Crippen LogP contribution in [0.3, 0.4) is 0 Å². The van der Waals surface area contributed by atoms with E-state index in [-0.39, 0.29) is 5.92 Å². The molecule has 5 rings (SSSR count). The summed E-state index contributed by atoms with van der Waals surface area (Å²) in [5.74, 6) is 2.35. The fourth-order valence-electron chi connectivity index (χ4n) is 6.61. The molecule has 0 amide bonds. The summed E-state index contributed by atoms with van der Waals surface area (Å²) in [6, 6.07) is 0.667. The third-order valence-electron chi connectivity index (χ3n) is 7.40. The first-order chi connectivity index (χ1) is 10.1. The summed E-state index contributed by atoms with van der Waals surface area (Å²) in [5, 5.41) is 9.17. The molecule has 4 saturated carbocycles. The highest BCUT2D eigenvalue weighted by atomic mass is 16.4. The van der Waals surface area contributed by atoms with Gasteiger partial charge in [0.05, 0.1) is 5.92 Å². The molecular formula is C18H29NO2. The van der Waals surface area contributed by atoms with Gasteiger partial charge in [0, 0.05) is 6.04 Å². The minimum atomic E-state index is -0.586. The summed E-state index contributed by atoms with van der Waals surface area (Å²) in [4.78, 5) is 13.8. The van der Waals surface area contributed by atoms with Crippen molar-refractivity contribution in [1.29, 1.82) is 0 Å². The van der Waals surface area contributed by atoms with Crippen LogP contribution in [0.4, 0.5) is 0 Å². The van der Waals surface area contributed by atoms with Crippen molar-refractivity contribution in [3.8, 4) is 0 Å². The summed E-state index contributed by atoms with van der Waals surface area (Å²) >= 11 is 0. The first-order valence-electron chi connectivity index (χ1n) is 9.02. The van der Waals surface area contributed by atoms with Crippen LogP contribution < -0.4 is 0 Å². The molecule has 5 fully saturated rings. The Morgan fingerprint density at radius 2 is 1.52 bits per heavy atom. The van der Waals surface area contributed by atoms with Crippen molar-refractivity contribution in [3.63, 3.8) is 0 Å². The van der Waals surface area contributed by atoms with Gasteiger partial charge in [0.2, 0.25) is 0 Å². The normalized spacial score (nSPS) is 44.9. The molecule has 4 aliphatic carbocycles. The number of piperidine rings is 1. The van der Waals surface area contributed by atoms with Gasteiger partial charge in [0.1, 0.15) is 0 Å². The van der Waals surface area contributed by atoms with Gasteiger partial charge in [-0.15, -0.1) is 0 Å². The molecule has 1 N–H and O–H groups in total. The summed E-state index contributed by atoms with van der Waals surface area (Å²) in [5.41, 5.74) is 0.574. The van der Waals surface area contributed by atoms with Crippen LogP contribution in [0.2, 0.25) is 0 Å². The second-order valence-electron chi connectivity index (χ2n) is 8.60.